The summed E-state index contributed by atoms with van der Waals surface area (Å²) in [6.07, 6.45) is 1.50. The number of anilines is 1. The van der Waals surface area contributed by atoms with Crippen LogP contribution in [0.5, 0.6) is 0 Å². The molecule has 172 valence electrons. The number of nitrogens with zero attached hydrogens (tertiary/aromatic N) is 2. The van der Waals surface area contributed by atoms with Crippen molar-refractivity contribution in [1.82, 2.24) is 5.43 Å². The minimum Gasteiger partial charge on any atom is -0.271 e. The van der Waals surface area contributed by atoms with Crippen molar-refractivity contribution in [3.8, 4) is 0 Å². The molecule has 3 aromatic rings. The molecule has 3 aromatic carbocycles. The second-order valence-corrected chi connectivity index (χ2v) is 10.7. The average molecular weight is 528 g/mol. The van der Waals surface area contributed by atoms with E-state index >= 15 is 0 Å². The fourth-order valence-electron chi connectivity index (χ4n) is 3.11. The van der Waals surface area contributed by atoms with Crippen molar-refractivity contribution in [3.63, 3.8) is 0 Å². The van der Waals surface area contributed by atoms with Gasteiger partial charge < -0.3 is 0 Å². The number of rotatable bonds is 8. The molecule has 33 heavy (non-hydrogen) atoms. The lowest BCUT2D eigenvalue weighted by Gasteiger charge is -2.24. The highest BCUT2D eigenvalue weighted by atomic mass is 79.9. The van der Waals surface area contributed by atoms with Crippen molar-refractivity contribution < 1.29 is 13.2 Å². The van der Waals surface area contributed by atoms with Gasteiger partial charge in [-0.2, -0.15) is 5.10 Å². The van der Waals surface area contributed by atoms with Gasteiger partial charge in [0.2, 0.25) is 0 Å². The van der Waals surface area contributed by atoms with E-state index in [0.29, 0.717) is 11.6 Å². The molecule has 0 aromatic heterocycles. The van der Waals surface area contributed by atoms with Gasteiger partial charge in [0.1, 0.15) is 6.54 Å². The summed E-state index contributed by atoms with van der Waals surface area (Å²) < 4.78 is 28.9. The van der Waals surface area contributed by atoms with Crippen molar-refractivity contribution in [3.05, 3.63) is 94.0 Å². The van der Waals surface area contributed by atoms with E-state index in [0.717, 1.165) is 25.5 Å². The number of nitrogens with one attached hydrogen (secondary N) is 1. The van der Waals surface area contributed by atoms with E-state index in [1.54, 1.807) is 36.4 Å². The highest BCUT2D eigenvalue weighted by Gasteiger charge is 2.27. The normalized spacial score (nSPS) is 11.7. The van der Waals surface area contributed by atoms with Gasteiger partial charge in [0.15, 0.2) is 0 Å². The highest BCUT2D eigenvalue weighted by Crippen LogP contribution is 2.26. The summed E-state index contributed by atoms with van der Waals surface area (Å²) in [5.41, 5.74) is 5.64. The van der Waals surface area contributed by atoms with Gasteiger partial charge in [0.25, 0.3) is 15.9 Å². The fraction of sp³-hybridized carbons (Fsp3) is 0.200. The zero-order chi connectivity index (χ0) is 24.0. The summed E-state index contributed by atoms with van der Waals surface area (Å²) >= 11 is 3.38. The van der Waals surface area contributed by atoms with Crippen LogP contribution in [0.3, 0.4) is 0 Å². The van der Waals surface area contributed by atoms with E-state index < -0.39 is 22.5 Å². The Morgan fingerprint density at radius 1 is 1.06 bits per heavy atom. The predicted octanol–water partition coefficient (Wildman–Crippen LogP) is 5.23. The zero-order valence-electron chi connectivity index (χ0n) is 18.7. The minimum atomic E-state index is -3.97. The molecule has 0 bridgehead atoms. The smallest absolute Gasteiger partial charge is 0.264 e. The van der Waals surface area contributed by atoms with Crippen LogP contribution in [0.4, 0.5) is 5.69 Å². The summed E-state index contributed by atoms with van der Waals surface area (Å²) in [5.74, 6) is -0.248. The zero-order valence-corrected chi connectivity index (χ0v) is 21.1. The van der Waals surface area contributed by atoms with Gasteiger partial charge in [-0.25, -0.2) is 13.8 Å². The Morgan fingerprint density at radius 2 is 1.73 bits per heavy atom. The Kier molecular flexibility index (Phi) is 8.05. The lowest BCUT2D eigenvalue weighted by atomic mass is 10.0. The summed E-state index contributed by atoms with van der Waals surface area (Å²) in [7, 11) is -3.97. The maximum atomic E-state index is 13.4. The summed E-state index contributed by atoms with van der Waals surface area (Å²) in [6, 6.07) is 21.2. The number of carbonyl (C=O) groups excluding carboxylic acids is 1. The standard InChI is InChI=1S/C25H26BrN3O3S/c1-18(2)21-9-11-23(12-10-21)29(33(31,32)24-13-7-19(3)8-14-24)17-25(30)28-27-16-20-5-4-6-22(26)15-20/h4-16,18H,17H2,1-3H3,(H,28,30)/b27-16-. The second kappa shape index (κ2) is 10.8. The van der Waals surface area contributed by atoms with Gasteiger partial charge in [0, 0.05) is 4.47 Å². The predicted molar refractivity (Wildman–Crippen MR) is 136 cm³/mol. The Hall–Kier alpha value is -2.97. The first-order valence-electron chi connectivity index (χ1n) is 10.4. The molecule has 0 spiro atoms. The Balaban J connectivity index is 1.86. The average Bonchev–Trinajstić information content (AvgIpc) is 2.78. The van der Waals surface area contributed by atoms with Crippen molar-refractivity contribution in [2.75, 3.05) is 10.8 Å². The molecule has 0 aliphatic carbocycles. The molecule has 6 nitrogen and oxygen atoms in total. The highest BCUT2D eigenvalue weighted by molar-refractivity contribution is 9.10. The van der Waals surface area contributed by atoms with Crippen LogP contribution in [0.15, 0.2) is 87.3 Å². The summed E-state index contributed by atoms with van der Waals surface area (Å²) in [4.78, 5) is 12.8. The van der Waals surface area contributed by atoms with E-state index in [-0.39, 0.29) is 4.90 Å². The van der Waals surface area contributed by atoms with Gasteiger partial charge in [0.05, 0.1) is 16.8 Å². The van der Waals surface area contributed by atoms with E-state index in [4.69, 9.17) is 0 Å². The van der Waals surface area contributed by atoms with Crippen molar-refractivity contribution in [1.29, 1.82) is 0 Å². The first-order chi connectivity index (χ1) is 15.7. The Morgan fingerprint density at radius 3 is 2.33 bits per heavy atom. The number of amides is 1. The van der Waals surface area contributed by atoms with Gasteiger partial charge >= 0.3 is 0 Å². The third-order valence-corrected chi connectivity index (χ3v) is 7.28. The molecule has 0 saturated carbocycles. The number of aryl methyl sites for hydroxylation is 1. The molecule has 0 fully saturated rings. The van der Waals surface area contributed by atoms with E-state index in [2.05, 4.69) is 40.3 Å². The molecule has 0 aliphatic heterocycles. The number of sulfonamides is 1. The molecule has 0 aliphatic rings. The maximum Gasteiger partial charge on any atom is 0.264 e. The number of benzene rings is 3. The summed E-state index contributed by atoms with van der Waals surface area (Å²) in [6.45, 7) is 5.60. The monoisotopic (exact) mass is 527 g/mol. The van der Waals surface area contributed by atoms with E-state index in [9.17, 15) is 13.2 Å². The minimum absolute atomic E-state index is 0.117. The Labute approximate surface area is 203 Å². The number of hydrogen-bond donors (Lipinski definition) is 1. The van der Waals surface area contributed by atoms with Crippen LogP contribution in [0, 0.1) is 6.92 Å². The van der Waals surface area contributed by atoms with Crippen LogP contribution >= 0.6 is 15.9 Å². The van der Waals surface area contributed by atoms with Crippen LogP contribution < -0.4 is 9.73 Å². The van der Waals surface area contributed by atoms with Gasteiger partial charge in [-0.05, 0) is 60.4 Å². The fourth-order valence-corrected chi connectivity index (χ4v) is 4.95. The topological polar surface area (TPSA) is 78.8 Å². The van der Waals surface area contributed by atoms with Gasteiger partial charge in [-0.1, -0.05) is 71.7 Å². The lowest BCUT2D eigenvalue weighted by Crippen LogP contribution is -2.39. The number of carbonyl (C=O) groups is 1. The molecule has 8 heteroatoms. The van der Waals surface area contributed by atoms with Crippen molar-refractivity contribution in [2.24, 2.45) is 5.10 Å². The molecule has 0 saturated heterocycles. The molecule has 0 atom stereocenters. The van der Waals surface area contributed by atoms with Crippen LogP contribution in [0.25, 0.3) is 0 Å². The maximum absolute atomic E-state index is 13.4. The van der Waals surface area contributed by atoms with Gasteiger partial charge in [-0.15, -0.1) is 0 Å². The largest absolute Gasteiger partial charge is 0.271 e. The number of hydrazone groups is 1. The van der Waals surface area contributed by atoms with Crippen LogP contribution in [0.1, 0.15) is 36.5 Å². The van der Waals surface area contributed by atoms with Crippen LogP contribution in [0.2, 0.25) is 0 Å². The second-order valence-electron chi connectivity index (χ2n) is 7.92. The third-order valence-electron chi connectivity index (χ3n) is 5.00. The quantitative estimate of drug-likeness (QED) is 0.322. The van der Waals surface area contributed by atoms with Crippen molar-refractivity contribution >= 4 is 43.8 Å². The number of hydrogen-bond acceptors (Lipinski definition) is 4. The third kappa shape index (κ3) is 6.52. The van der Waals surface area contributed by atoms with E-state index in [1.807, 2.05) is 43.3 Å². The molecule has 3 rings (SSSR count). The van der Waals surface area contributed by atoms with E-state index in [1.165, 1.54) is 6.21 Å². The lowest BCUT2D eigenvalue weighted by molar-refractivity contribution is -0.119. The number of halogens is 1. The first kappa shape index (κ1) is 24.7. The first-order valence-corrected chi connectivity index (χ1v) is 12.7. The Bertz CT molecular complexity index is 1240. The molecular weight excluding hydrogens is 502 g/mol. The molecule has 0 unspecified atom stereocenters. The van der Waals surface area contributed by atoms with Gasteiger partial charge in [-0.3, -0.25) is 9.10 Å². The molecule has 1 amide bonds. The molecule has 0 heterocycles. The van der Waals surface area contributed by atoms with Crippen molar-refractivity contribution in [2.45, 2.75) is 31.6 Å². The van der Waals surface area contributed by atoms with Crippen LogP contribution in [-0.2, 0) is 14.8 Å². The SMILES string of the molecule is Cc1ccc(S(=O)(=O)N(CC(=O)N/N=C\c2cccc(Br)c2)c2ccc(C(C)C)cc2)cc1. The van der Waals surface area contributed by atoms with Crippen LogP contribution in [-0.4, -0.2) is 27.1 Å². The molecular formula is C25H26BrN3O3S. The molecule has 0 radical (unpaired) electrons. The molecule has 1 N–H and O–H groups in total. The summed E-state index contributed by atoms with van der Waals surface area (Å²) in [5, 5.41) is 3.97.